The average molecular weight is 412 g/mol. The predicted molar refractivity (Wildman–Crippen MR) is 124 cm³/mol. The molecule has 1 aliphatic rings. The largest absolute Gasteiger partial charge is 0.395 e. The standard InChI is InChI=1S/C21H41N5OS/c1-15(2)17(5)23-9-8-10-25(6)14-21(13-18(21)28)19(16(3)4)24-20(22)26(7)11-12-27/h15,18,23,27-28H,5,8-14H2,1-4,6-7H3,(H2,22,24)/t18-,21?/m1/s1. The summed E-state index contributed by atoms with van der Waals surface area (Å²) < 4.78 is 0. The van der Waals surface area contributed by atoms with Gasteiger partial charge in [0.15, 0.2) is 5.96 Å². The van der Waals surface area contributed by atoms with E-state index in [4.69, 9.17) is 28.5 Å². The quantitative estimate of drug-likeness (QED) is 0.172. The van der Waals surface area contributed by atoms with Gasteiger partial charge in [0.25, 0.3) is 0 Å². The number of aliphatic hydroxyl groups excluding tert-OH is 1. The molecule has 0 radical (unpaired) electrons. The van der Waals surface area contributed by atoms with Crippen LogP contribution in [0, 0.1) is 11.3 Å². The minimum Gasteiger partial charge on any atom is -0.395 e. The number of hydrogen-bond donors (Lipinski definition) is 4. The lowest BCUT2D eigenvalue weighted by atomic mass is 9.98. The van der Waals surface area contributed by atoms with Crippen LogP contribution in [0.25, 0.3) is 0 Å². The maximum atomic E-state index is 9.14. The Labute approximate surface area is 177 Å². The summed E-state index contributed by atoms with van der Waals surface area (Å²) in [5.41, 5.74) is 9.41. The number of allylic oxidation sites excluding steroid dienone is 2. The fourth-order valence-electron chi connectivity index (χ4n) is 3.33. The van der Waals surface area contributed by atoms with Crippen LogP contribution in [0.15, 0.2) is 28.5 Å². The van der Waals surface area contributed by atoms with Gasteiger partial charge in [-0.25, -0.2) is 4.99 Å². The number of hydrogen-bond acceptors (Lipinski definition) is 5. The van der Waals surface area contributed by atoms with Crippen LogP contribution in [0.4, 0.5) is 0 Å². The van der Waals surface area contributed by atoms with Crippen molar-refractivity contribution in [2.24, 2.45) is 22.1 Å². The van der Waals surface area contributed by atoms with Gasteiger partial charge in [-0.15, -0.1) is 0 Å². The van der Waals surface area contributed by atoms with Gasteiger partial charge < -0.3 is 26.0 Å². The summed E-state index contributed by atoms with van der Waals surface area (Å²) in [4.78, 5) is 8.91. The highest BCUT2D eigenvalue weighted by Crippen LogP contribution is 2.57. The van der Waals surface area contributed by atoms with Gasteiger partial charge in [0, 0.05) is 43.0 Å². The molecule has 0 bridgehead atoms. The molecule has 4 N–H and O–H groups in total. The molecule has 6 nitrogen and oxygen atoms in total. The molecule has 28 heavy (non-hydrogen) atoms. The monoisotopic (exact) mass is 411 g/mol. The van der Waals surface area contributed by atoms with E-state index in [2.05, 4.69) is 51.5 Å². The molecule has 1 saturated carbocycles. The van der Waals surface area contributed by atoms with Crippen LogP contribution < -0.4 is 11.1 Å². The first-order valence-electron chi connectivity index (χ1n) is 10.2. The lowest BCUT2D eigenvalue weighted by molar-refractivity contribution is 0.262. The van der Waals surface area contributed by atoms with Gasteiger partial charge in [-0.3, -0.25) is 0 Å². The molecule has 0 spiro atoms. The summed E-state index contributed by atoms with van der Waals surface area (Å²) in [5.74, 6) is 0.904. The van der Waals surface area contributed by atoms with Gasteiger partial charge in [-0.2, -0.15) is 12.6 Å². The van der Waals surface area contributed by atoms with Crippen LogP contribution in [0.3, 0.4) is 0 Å². The van der Waals surface area contributed by atoms with Crippen molar-refractivity contribution in [2.45, 2.75) is 45.8 Å². The number of nitrogens with one attached hydrogen (secondary N) is 1. The second-order valence-corrected chi connectivity index (χ2v) is 9.16. The highest BCUT2D eigenvalue weighted by atomic mass is 32.1. The van der Waals surface area contributed by atoms with Crippen LogP contribution in [0.2, 0.25) is 0 Å². The molecule has 0 heterocycles. The van der Waals surface area contributed by atoms with Crippen molar-refractivity contribution < 1.29 is 5.11 Å². The number of likely N-dealkylation sites (N-methyl/N-ethyl adjacent to an activating group) is 1. The SMILES string of the molecule is C=C(NCCCN(C)CC1(C(/N=C(\N)N(C)CCO)=C(C)C)C[C@H]1S)C(C)C. The fourth-order valence-corrected chi connectivity index (χ4v) is 3.86. The van der Waals surface area contributed by atoms with Crippen LogP contribution in [0.1, 0.15) is 40.5 Å². The minimum atomic E-state index is -0.0592. The Morgan fingerprint density at radius 1 is 1.36 bits per heavy atom. The van der Waals surface area contributed by atoms with Crippen LogP contribution in [-0.2, 0) is 0 Å². The molecule has 1 fully saturated rings. The van der Waals surface area contributed by atoms with Crippen molar-refractivity contribution >= 4 is 18.6 Å². The third-order valence-electron chi connectivity index (χ3n) is 5.35. The number of nitrogens with zero attached hydrogens (tertiary/aromatic N) is 3. The van der Waals surface area contributed by atoms with Gasteiger partial charge >= 0.3 is 0 Å². The van der Waals surface area contributed by atoms with Gasteiger partial charge in [0.1, 0.15) is 0 Å². The van der Waals surface area contributed by atoms with E-state index in [1.807, 2.05) is 7.05 Å². The smallest absolute Gasteiger partial charge is 0.196 e. The number of nitrogens with two attached hydrogens (primary N) is 1. The Balaban J connectivity index is 2.73. The summed E-state index contributed by atoms with van der Waals surface area (Å²) in [6.45, 7) is 15.9. The molecule has 0 aromatic carbocycles. The van der Waals surface area contributed by atoms with Gasteiger partial charge in [-0.1, -0.05) is 26.0 Å². The molecule has 0 aromatic rings. The summed E-state index contributed by atoms with van der Waals surface area (Å²) in [6, 6.07) is 0. The number of rotatable bonds is 12. The van der Waals surface area contributed by atoms with Crippen molar-refractivity contribution in [1.29, 1.82) is 0 Å². The Kier molecular flexibility index (Phi) is 9.87. The number of aliphatic imine (C=N–C) groups is 1. The zero-order chi connectivity index (χ0) is 21.5. The van der Waals surface area contributed by atoms with E-state index in [1.165, 1.54) is 5.57 Å². The van der Waals surface area contributed by atoms with E-state index in [0.29, 0.717) is 23.7 Å². The number of aliphatic hydroxyl groups is 1. The maximum Gasteiger partial charge on any atom is 0.196 e. The van der Waals surface area contributed by atoms with E-state index in [1.54, 1.807) is 4.90 Å². The van der Waals surface area contributed by atoms with E-state index in [9.17, 15) is 0 Å². The van der Waals surface area contributed by atoms with Gasteiger partial charge in [-0.05, 0) is 46.2 Å². The molecule has 0 saturated heterocycles. The number of guanidine groups is 1. The zero-order valence-electron chi connectivity index (χ0n) is 18.6. The van der Waals surface area contributed by atoms with Crippen molar-refractivity contribution in [3.05, 3.63) is 23.5 Å². The van der Waals surface area contributed by atoms with E-state index >= 15 is 0 Å². The highest BCUT2D eigenvalue weighted by Gasteiger charge is 2.56. The van der Waals surface area contributed by atoms with Crippen LogP contribution in [0.5, 0.6) is 0 Å². The first kappa shape index (κ1) is 24.9. The molecule has 7 heteroatoms. The normalized spacial score (nSPS) is 21.8. The lowest BCUT2D eigenvalue weighted by Crippen LogP contribution is -2.37. The Hall–Kier alpha value is -1.18. The van der Waals surface area contributed by atoms with Crippen molar-refractivity contribution in [3.63, 3.8) is 0 Å². The first-order valence-corrected chi connectivity index (χ1v) is 10.7. The van der Waals surface area contributed by atoms with Crippen LogP contribution in [-0.4, -0.2) is 73.0 Å². The molecule has 1 rings (SSSR count). The Morgan fingerprint density at radius 3 is 2.43 bits per heavy atom. The van der Waals surface area contributed by atoms with E-state index in [0.717, 1.165) is 43.9 Å². The Morgan fingerprint density at radius 2 is 1.96 bits per heavy atom. The molecule has 1 unspecified atom stereocenters. The van der Waals surface area contributed by atoms with Crippen LogP contribution >= 0.6 is 12.6 Å². The fraction of sp³-hybridized carbons (Fsp3) is 0.762. The Bertz CT molecular complexity index is 585. The molecular weight excluding hydrogens is 370 g/mol. The summed E-state index contributed by atoms with van der Waals surface area (Å²) in [7, 11) is 4.00. The van der Waals surface area contributed by atoms with E-state index < -0.39 is 0 Å². The highest BCUT2D eigenvalue weighted by molar-refractivity contribution is 7.81. The van der Waals surface area contributed by atoms with Crippen molar-refractivity contribution in [2.75, 3.05) is 46.9 Å². The van der Waals surface area contributed by atoms with E-state index in [-0.39, 0.29) is 12.0 Å². The van der Waals surface area contributed by atoms with Gasteiger partial charge in [0.05, 0.1) is 12.3 Å². The maximum absolute atomic E-state index is 9.14. The summed E-state index contributed by atoms with van der Waals surface area (Å²) in [5, 5.41) is 12.8. The predicted octanol–water partition coefficient (Wildman–Crippen LogP) is 2.29. The third-order valence-corrected chi connectivity index (χ3v) is 6.03. The van der Waals surface area contributed by atoms with Crippen molar-refractivity contribution in [3.8, 4) is 0 Å². The minimum absolute atomic E-state index is 0.0528. The van der Waals surface area contributed by atoms with Crippen molar-refractivity contribution in [1.82, 2.24) is 15.1 Å². The number of thiol groups is 1. The molecule has 2 atom stereocenters. The molecule has 1 aliphatic carbocycles. The second-order valence-electron chi connectivity index (χ2n) is 8.54. The molecule has 0 aromatic heterocycles. The first-order chi connectivity index (χ1) is 13.0. The molecule has 0 amide bonds. The second kappa shape index (κ2) is 11.1. The molecular formula is C21H41N5OS. The third kappa shape index (κ3) is 7.01. The average Bonchev–Trinajstić information content (AvgIpc) is 3.25. The zero-order valence-corrected chi connectivity index (χ0v) is 19.5. The topological polar surface area (TPSA) is 77.1 Å². The summed E-state index contributed by atoms with van der Waals surface area (Å²) in [6.07, 6.45) is 2.06. The molecule has 162 valence electrons. The van der Waals surface area contributed by atoms with Gasteiger partial charge in [0.2, 0.25) is 0 Å². The molecule has 0 aliphatic heterocycles. The lowest BCUT2D eigenvalue weighted by Gasteiger charge is -2.27. The summed E-state index contributed by atoms with van der Waals surface area (Å²) >= 11 is 4.79.